The maximum absolute atomic E-state index is 13.3. The van der Waals surface area contributed by atoms with E-state index in [1.165, 1.54) is 21.9 Å². The van der Waals surface area contributed by atoms with Crippen molar-refractivity contribution >= 4 is 23.6 Å². The number of carbonyl (C=O) groups is 2. The highest BCUT2D eigenvalue weighted by Gasteiger charge is 2.48. The molecule has 35 heavy (non-hydrogen) atoms. The molecule has 0 radical (unpaired) electrons. The van der Waals surface area contributed by atoms with E-state index in [0.29, 0.717) is 25.3 Å². The Morgan fingerprint density at radius 1 is 1.23 bits per heavy atom. The lowest BCUT2D eigenvalue weighted by molar-refractivity contribution is -0.137. The van der Waals surface area contributed by atoms with Crippen LogP contribution in [0.3, 0.4) is 0 Å². The van der Waals surface area contributed by atoms with Gasteiger partial charge in [-0.2, -0.15) is 13.2 Å². The monoisotopic (exact) mass is 513 g/mol. The zero-order valence-electron chi connectivity index (χ0n) is 19.8. The molecule has 4 rings (SSSR count). The minimum Gasteiger partial charge on any atom is -0.465 e. The van der Waals surface area contributed by atoms with E-state index in [9.17, 15) is 27.9 Å². The van der Waals surface area contributed by atoms with Crippen LogP contribution in [0.2, 0.25) is 5.02 Å². The largest absolute Gasteiger partial charge is 0.465 e. The molecule has 2 aromatic rings. The van der Waals surface area contributed by atoms with Gasteiger partial charge in [0.15, 0.2) is 0 Å². The molecule has 0 aliphatic carbocycles. The summed E-state index contributed by atoms with van der Waals surface area (Å²) >= 11 is 6.05. The molecule has 190 valence electrons. The molecule has 2 amide bonds. The van der Waals surface area contributed by atoms with E-state index in [-0.39, 0.29) is 41.3 Å². The first-order valence-electron chi connectivity index (χ1n) is 11.3. The number of alkyl halides is 3. The van der Waals surface area contributed by atoms with Crippen LogP contribution in [0.5, 0.6) is 0 Å². The van der Waals surface area contributed by atoms with E-state index < -0.39 is 28.8 Å². The number of halogens is 4. The highest BCUT2D eigenvalue weighted by Crippen LogP contribution is 2.43. The number of likely N-dealkylation sites (tertiary alicyclic amines) is 1. The van der Waals surface area contributed by atoms with Gasteiger partial charge in [-0.15, -0.1) is 10.2 Å². The van der Waals surface area contributed by atoms with Gasteiger partial charge in [0, 0.05) is 37.6 Å². The van der Waals surface area contributed by atoms with E-state index >= 15 is 0 Å². The smallest absolute Gasteiger partial charge is 0.417 e. The van der Waals surface area contributed by atoms with Crippen molar-refractivity contribution in [1.29, 1.82) is 0 Å². The molecule has 1 N–H and O–H groups in total. The van der Waals surface area contributed by atoms with E-state index in [1.807, 2.05) is 20.8 Å². The molecule has 0 bridgehead atoms. The fourth-order valence-corrected chi connectivity index (χ4v) is 5.59. The Hall–Kier alpha value is -2.82. The van der Waals surface area contributed by atoms with Gasteiger partial charge < -0.3 is 19.5 Å². The summed E-state index contributed by atoms with van der Waals surface area (Å²) in [5, 5.41) is 17.7. The van der Waals surface area contributed by atoms with Crippen LogP contribution in [0.25, 0.3) is 0 Å². The van der Waals surface area contributed by atoms with Crippen molar-refractivity contribution in [3.63, 3.8) is 0 Å². The summed E-state index contributed by atoms with van der Waals surface area (Å²) in [5.74, 6) is -0.0588. The number of aromatic nitrogens is 3. The van der Waals surface area contributed by atoms with E-state index in [1.54, 1.807) is 11.5 Å². The second kappa shape index (κ2) is 8.69. The number of amides is 2. The number of benzene rings is 1. The van der Waals surface area contributed by atoms with E-state index in [0.717, 1.165) is 6.07 Å². The lowest BCUT2D eigenvalue weighted by Gasteiger charge is -2.38. The normalized spacial score (nSPS) is 23.1. The van der Waals surface area contributed by atoms with E-state index in [4.69, 9.17) is 11.6 Å². The molecule has 2 aliphatic rings. The number of carbonyl (C=O) groups excluding carboxylic acids is 1. The predicted molar refractivity (Wildman–Crippen MR) is 121 cm³/mol. The third kappa shape index (κ3) is 4.46. The molecule has 2 aliphatic heterocycles. The molecular weight excluding hydrogens is 487 g/mol. The Kier molecular flexibility index (Phi) is 6.27. The van der Waals surface area contributed by atoms with Gasteiger partial charge in [-0.3, -0.25) is 4.79 Å². The second-order valence-electron chi connectivity index (χ2n) is 10.2. The van der Waals surface area contributed by atoms with Crippen molar-refractivity contribution in [2.24, 2.45) is 5.41 Å². The molecule has 1 aromatic heterocycles. The second-order valence-corrected chi connectivity index (χ2v) is 10.6. The Balaban J connectivity index is 1.65. The van der Waals surface area contributed by atoms with Crippen molar-refractivity contribution in [3.05, 3.63) is 46.0 Å². The third-order valence-corrected chi connectivity index (χ3v) is 7.24. The summed E-state index contributed by atoms with van der Waals surface area (Å²) in [5.41, 5.74) is -1.13. The van der Waals surface area contributed by atoms with Crippen LogP contribution in [-0.2, 0) is 19.3 Å². The first-order chi connectivity index (χ1) is 16.2. The molecule has 3 atom stereocenters. The first kappa shape index (κ1) is 25.3. The number of hydrogen-bond donors (Lipinski definition) is 1. The van der Waals surface area contributed by atoms with Gasteiger partial charge in [-0.25, -0.2) is 4.79 Å². The molecular formula is C23H27ClF3N5O3. The Morgan fingerprint density at radius 3 is 2.51 bits per heavy atom. The molecule has 0 saturated carbocycles. The van der Waals surface area contributed by atoms with Crippen LogP contribution in [0.15, 0.2) is 18.2 Å². The third-order valence-electron chi connectivity index (χ3n) is 6.80. The highest BCUT2D eigenvalue weighted by atomic mass is 35.5. The van der Waals surface area contributed by atoms with Gasteiger partial charge in [0.2, 0.25) is 5.82 Å². The van der Waals surface area contributed by atoms with Gasteiger partial charge in [0.1, 0.15) is 5.82 Å². The van der Waals surface area contributed by atoms with Crippen LogP contribution >= 0.6 is 11.6 Å². The summed E-state index contributed by atoms with van der Waals surface area (Å²) in [6, 6.07) is 2.92. The topological polar surface area (TPSA) is 91.6 Å². The summed E-state index contributed by atoms with van der Waals surface area (Å²) in [4.78, 5) is 28.0. The average molecular weight is 514 g/mol. The van der Waals surface area contributed by atoms with Gasteiger partial charge in [0.25, 0.3) is 5.91 Å². The summed E-state index contributed by atoms with van der Waals surface area (Å²) in [7, 11) is 0. The van der Waals surface area contributed by atoms with E-state index in [2.05, 4.69) is 10.2 Å². The van der Waals surface area contributed by atoms with Crippen LogP contribution in [0.4, 0.5) is 18.0 Å². The van der Waals surface area contributed by atoms with Crippen molar-refractivity contribution in [3.8, 4) is 0 Å². The molecule has 0 spiro atoms. The van der Waals surface area contributed by atoms with Crippen LogP contribution < -0.4 is 0 Å². The molecule has 8 nitrogen and oxygen atoms in total. The zero-order chi connectivity index (χ0) is 25.9. The fourth-order valence-electron chi connectivity index (χ4n) is 5.30. The lowest BCUT2D eigenvalue weighted by atomic mass is 9.79. The number of fused-ring (bicyclic) bond motifs is 1. The SMILES string of the molecule is C[C@H]1Cn2c(nnc2C2CCN(C(=O)O)C2C(C)(C)C)C(=O)N1Cc1cccc(C(F)(F)F)c1Cl. The Labute approximate surface area is 205 Å². The summed E-state index contributed by atoms with van der Waals surface area (Å²) in [6.45, 7) is 8.28. The van der Waals surface area contributed by atoms with Crippen molar-refractivity contribution in [2.45, 2.75) is 71.4 Å². The maximum atomic E-state index is 13.3. The predicted octanol–water partition coefficient (Wildman–Crippen LogP) is 4.88. The van der Waals surface area contributed by atoms with Crippen molar-refractivity contribution < 1.29 is 27.9 Å². The quantitative estimate of drug-likeness (QED) is 0.632. The van der Waals surface area contributed by atoms with Crippen LogP contribution in [-0.4, -0.2) is 60.3 Å². The highest BCUT2D eigenvalue weighted by molar-refractivity contribution is 6.32. The van der Waals surface area contributed by atoms with Gasteiger partial charge >= 0.3 is 12.3 Å². The first-order valence-corrected chi connectivity index (χ1v) is 11.7. The fraction of sp³-hybridized carbons (Fsp3) is 0.565. The number of nitrogens with zero attached hydrogens (tertiary/aromatic N) is 5. The number of carboxylic acid groups (broad SMARTS) is 1. The number of rotatable bonds is 3. The van der Waals surface area contributed by atoms with Crippen molar-refractivity contribution in [1.82, 2.24) is 24.6 Å². The number of hydrogen-bond acceptors (Lipinski definition) is 4. The van der Waals surface area contributed by atoms with Crippen LogP contribution in [0, 0.1) is 5.41 Å². The van der Waals surface area contributed by atoms with Gasteiger partial charge in [-0.1, -0.05) is 44.5 Å². The molecule has 2 unspecified atom stereocenters. The minimum absolute atomic E-state index is 0.0858. The molecule has 3 heterocycles. The lowest BCUT2D eigenvalue weighted by Crippen LogP contribution is -2.48. The molecule has 1 fully saturated rings. The molecule has 1 saturated heterocycles. The average Bonchev–Trinajstić information content (AvgIpc) is 3.35. The standard InChI is InChI=1S/C23H27ClF3N5O3/c1-12-10-32-18(14-8-9-30(21(34)35)17(14)22(2,3)4)28-29-19(32)20(33)31(12)11-13-6-5-7-15(16(13)24)23(25,26)27/h5-7,12,14,17H,8-11H2,1-4H3,(H,34,35)/t12-,14?,17?/m0/s1. The van der Waals surface area contributed by atoms with Crippen LogP contribution in [0.1, 0.15) is 67.6 Å². The Morgan fingerprint density at radius 2 is 1.91 bits per heavy atom. The zero-order valence-corrected chi connectivity index (χ0v) is 20.6. The molecule has 12 heteroatoms. The van der Waals surface area contributed by atoms with Gasteiger partial charge in [-0.05, 0) is 30.4 Å². The minimum atomic E-state index is -4.60. The van der Waals surface area contributed by atoms with Gasteiger partial charge in [0.05, 0.1) is 10.6 Å². The Bertz CT molecular complexity index is 1160. The van der Waals surface area contributed by atoms with Crippen molar-refractivity contribution in [2.75, 3.05) is 6.54 Å². The maximum Gasteiger partial charge on any atom is 0.417 e. The molecule has 1 aromatic carbocycles. The summed E-state index contributed by atoms with van der Waals surface area (Å²) < 4.78 is 41.6. The summed E-state index contributed by atoms with van der Waals surface area (Å²) in [6.07, 6.45) is -5.05.